The summed E-state index contributed by atoms with van der Waals surface area (Å²) in [5.41, 5.74) is 3.84. The van der Waals surface area contributed by atoms with Gasteiger partial charge in [0.05, 0.1) is 30.5 Å². The maximum absolute atomic E-state index is 13.7. The number of halogens is 1. The first-order valence-electron chi connectivity index (χ1n) is 12.1. The zero-order chi connectivity index (χ0) is 25.4. The van der Waals surface area contributed by atoms with Gasteiger partial charge in [-0.15, -0.1) is 0 Å². The number of carbonyl (C=O) groups is 3. The molecule has 0 spiro atoms. The minimum absolute atomic E-state index is 0. The van der Waals surface area contributed by atoms with E-state index in [0.717, 1.165) is 11.3 Å². The molecule has 0 bridgehead atoms. The predicted octanol–water partition coefficient (Wildman–Crippen LogP) is 1.36. The number of imide groups is 1. The summed E-state index contributed by atoms with van der Waals surface area (Å²) in [6.07, 6.45) is 5.73. The Morgan fingerprint density at radius 1 is 0.757 bits per heavy atom. The van der Waals surface area contributed by atoms with E-state index in [-0.39, 0.29) is 46.7 Å². The summed E-state index contributed by atoms with van der Waals surface area (Å²) in [5.74, 6) is -0.796. The number of hydrogen-bond acceptors (Lipinski definition) is 3. The van der Waals surface area contributed by atoms with Crippen LogP contribution >= 0.6 is 0 Å². The molecule has 0 saturated carbocycles. The summed E-state index contributed by atoms with van der Waals surface area (Å²) < 4.78 is 3.85. The Balaban J connectivity index is 0.00000280. The highest BCUT2D eigenvalue weighted by Crippen LogP contribution is 2.47. The van der Waals surface area contributed by atoms with Gasteiger partial charge in [0.1, 0.15) is 18.9 Å². The van der Waals surface area contributed by atoms with E-state index in [2.05, 4.69) is 20.8 Å². The molecule has 0 aliphatic carbocycles. The van der Waals surface area contributed by atoms with Gasteiger partial charge in [0.2, 0.25) is 6.33 Å². The third-order valence-electron chi connectivity index (χ3n) is 7.12. The first kappa shape index (κ1) is 24.9. The van der Waals surface area contributed by atoms with Gasteiger partial charge < -0.3 is 17.0 Å². The largest absolute Gasteiger partial charge is 1.00 e. The molecule has 3 amide bonds. The molecule has 0 radical (unpaired) electrons. The number of rotatable bonds is 4. The number of carbonyl (C=O) groups excluding carboxylic acids is 3. The van der Waals surface area contributed by atoms with Gasteiger partial charge in [0.25, 0.3) is 17.7 Å². The molecule has 0 unspecified atom stereocenters. The molecule has 2 aliphatic rings. The van der Waals surface area contributed by atoms with E-state index >= 15 is 0 Å². The van der Waals surface area contributed by atoms with Crippen molar-refractivity contribution in [3.63, 3.8) is 0 Å². The minimum Gasteiger partial charge on any atom is -1.00 e. The number of nitrogens with zero attached hydrogens (tertiary/aromatic N) is 4. The second kappa shape index (κ2) is 8.66. The quantitative estimate of drug-likeness (QED) is 0.280. The van der Waals surface area contributed by atoms with Gasteiger partial charge in [-0.2, -0.15) is 0 Å². The first-order valence-corrected chi connectivity index (χ1v) is 12.1. The van der Waals surface area contributed by atoms with Gasteiger partial charge in [-0.1, -0.05) is 39.0 Å². The van der Waals surface area contributed by atoms with Crippen LogP contribution in [-0.2, 0) is 19.0 Å². The summed E-state index contributed by atoms with van der Waals surface area (Å²) in [4.78, 5) is 43.7. The second-order valence-corrected chi connectivity index (χ2v) is 10.5. The van der Waals surface area contributed by atoms with Crippen molar-refractivity contribution in [3.05, 3.63) is 89.5 Å². The molecule has 6 rings (SSSR count). The van der Waals surface area contributed by atoms with Crippen LogP contribution < -0.4 is 26.4 Å². The topological polar surface area (TPSA) is 66.5 Å². The van der Waals surface area contributed by atoms with Crippen LogP contribution in [0.1, 0.15) is 57.4 Å². The average Bonchev–Trinajstić information content (AvgIpc) is 3.39. The van der Waals surface area contributed by atoms with E-state index in [1.54, 1.807) is 23.1 Å². The Bertz CT molecular complexity index is 1590. The van der Waals surface area contributed by atoms with Crippen molar-refractivity contribution in [1.82, 2.24) is 9.47 Å². The van der Waals surface area contributed by atoms with E-state index in [1.165, 1.54) is 4.90 Å². The van der Waals surface area contributed by atoms with Crippen molar-refractivity contribution in [1.29, 1.82) is 0 Å². The molecule has 2 aliphatic heterocycles. The molecule has 3 heterocycles. The predicted molar refractivity (Wildman–Crippen MR) is 137 cm³/mol. The van der Waals surface area contributed by atoms with E-state index in [1.807, 2.05) is 65.2 Å². The maximum atomic E-state index is 13.7. The van der Waals surface area contributed by atoms with E-state index in [4.69, 9.17) is 0 Å². The normalized spacial score (nSPS) is 14.5. The van der Waals surface area contributed by atoms with E-state index in [0.29, 0.717) is 39.7 Å². The lowest BCUT2D eigenvalue weighted by molar-refractivity contribution is -0.671. The summed E-state index contributed by atoms with van der Waals surface area (Å²) in [5, 5.41) is 1.25. The summed E-state index contributed by atoms with van der Waals surface area (Å²) in [7, 11) is 1.92. The van der Waals surface area contributed by atoms with Gasteiger partial charge in [0.15, 0.2) is 0 Å². The molecule has 3 aromatic carbocycles. The lowest BCUT2D eigenvalue weighted by Gasteiger charge is -2.29. The number of aryl methyl sites for hydroxylation is 1. The third-order valence-corrected chi connectivity index (χ3v) is 7.12. The van der Waals surface area contributed by atoms with Crippen LogP contribution in [0.3, 0.4) is 0 Å². The van der Waals surface area contributed by atoms with Crippen LogP contribution in [0, 0.1) is 0 Å². The fourth-order valence-electron chi connectivity index (χ4n) is 5.41. The molecule has 7 nitrogen and oxygen atoms in total. The molecular weight excluding hydrogens is 532 g/mol. The van der Waals surface area contributed by atoms with Crippen LogP contribution in [0.5, 0.6) is 0 Å². The number of amides is 3. The van der Waals surface area contributed by atoms with Gasteiger partial charge in [-0.3, -0.25) is 24.2 Å². The standard InChI is InChI=1S/C29H27N4O3.BrH/c1-29(2,3)21-7-5-6-8-22(21)33-23-12-11-19-24-18(9-10-20(25(23)24)28(33)36)26(34)32(27(19)35)16-15-31-14-13-30(4)17-31;/h5-14,17H,15-16H2,1-4H3;1H/q+1;/p-1. The number of aromatic nitrogens is 2. The number of imidazole rings is 1. The Kier molecular flexibility index (Phi) is 5.83. The SMILES string of the molecule is C[n+]1ccn(CCN2C(=O)c3ccc4c5c(ccc(c35)C2=O)N(c2ccccc2C(C)(C)C)C4=O)c1.[Br-]. The summed E-state index contributed by atoms with van der Waals surface area (Å²) >= 11 is 0. The van der Waals surface area contributed by atoms with Crippen molar-refractivity contribution in [2.45, 2.75) is 32.7 Å². The molecule has 37 heavy (non-hydrogen) atoms. The van der Waals surface area contributed by atoms with Gasteiger partial charge in [0, 0.05) is 21.9 Å². The summed E-state index contributed by atoms with van der Waals surface area (Å²) in [6.45, 7) is 7.13. The van der Waals surface area contributed by atoms with Crippen molar-refractivity contribution in [2.24, 2.45) is 7.05 Å². The maximum Gasteiger partial charge on any atom is 0.263 e. The Hall–Kier alpha value is -3.78. The number of benzene rings is 3. The molecule has 4 aromatic rings. The zero-order valence-electron chi connectivity index (χ0n) is 21.2. The fourth-order valence-corrected chi connectivity index (χ4v) is 5.41. The van der Waals surface area contributed by atoms with E-state index < -0.39 is 0 Å². The van der Waals surface area contributed by atoms with Crippen LogP contribution in [0.4, 0.5) is 11.4 Å². The molecule has 0 N–H and O–H groups in total. The molecule has 8 heteroatoms. The Morgan fingerprint density at radius 3 is 2.00 bits per heavy atom. The zero-order valence-corrected chi connectivity index (χ0v) is 22.7. The van der Waals surface area contributed by atoms with Crippen LogP contribution in [0.2, 0.25) is 0 Å². The van der Waals surface area contributed by atoms with Crippen LogP contribution in [-0.4, -0.2) is 33.7 Å². The Labute approximate surface area is 225 Å². The van der Waals surface area contributed by atoms with E-state index in [9.17, 15) is 14.4 Å². The molecule has 188 valence electrons. The van der Waals surface area contributed by atoms with Gasteiger partial charge in [-0.25, -0.2) is 9.13 Å². The first-order chi connectivity index (χ1) is 17.2. The van der Waals surface area contributed by atoms with Crippen LogP contribution in [0.15, 0.2) is 67.3 Å². The van der Waals surface area contributed by atoms with Gasteiger partial charge in [-0.05, 0) is 41.3 Å². The van der Waals surface area contributed by atoms with Crippen molar-refractivity contribution in [2.75, 3.05) is 11.4 Å². The highest BCUT2D eigenvalue weighted by atomic mass is 79.9. The molecule has 1 aromatic heterocycles. The smallest absolute Gasteiger partial charge is 0.263 e. The number of hydrogen-bond donors (Lipinski definition) is 0. The number of para-hydroxylation sites is 1. The van der Waals surface area contributed by atoms with Crippen molar-refractivity contribution < 1.29 is 35.9 Å². The van der Waals surface area contributed by atoms with Crippen molar-refractivity contribution in [3.8, 4) is 0 Å². The highest BCUT2D eigenvalue weighted by molar-refractivity contribution is 6.35. The fraction of sp³-hybridized carbons (Fsp3) is 0.241. The highest BCUT2D eigenvalue weighted by Gasteiger charge is 2.40. The lowest BCUT2D eigenvalue weighted by atomic mass is 9.85. The average molecular weight is 559 g/mol. The van der Waals surface area contributed by atoms with Gasteiger partial charge >= 0.3 is 0 Å². The lowest BCUT2D eigenvalue weighted by Crippen LogP contribution is -3.00. The second-order valence-electron chi connectivity index (χ2n) is 10.5. The third kappa shape index (κ3) is 3.70. The van der Waals surface area contributed by atoms with Crippen LogP contribution in [0.25, 0.3) is 10.8 Å². The number of anilines is 2. The molecule has 0 atom stereocenters. The molecule has 0 saturated heterocycles. The Morgan fingerprint density at radius 2 is 1.38 bits per heavy atom. The monoisotopic (exact) mass is 558 g/mol. The molecule has 0 fully saturated rings. The summed E-state index contributed by atoms with van der Waals surface area (Å²) in [6, 6.07) is 14.9. The van der Waals surface area contributed by atoms with Crippen molar-refractivity contribution >= 4 is 39.9 Å². The minimum atomic E-state index is -0.325. The molecular formula is C29H27BrN4O3.